The SMILES string of the molecule is CCCCCC[N+](CCCCCC)(CCCCCC)CCCCCC.O=I(=O)Cl.O=I(=O)Cl. The first-order valence-electron chi connectivity index (χ1n) is 13.0. The fourth-order valence-electron chi connectivity index (χ4n) is 4.17. The van der Waals surface area contributed by atoms with Crippen molar-refractivity contribution in [2.45, 2.75) is 130 Å². The van der Waals surface area contributed by atoms with Crippen molar-refractivity contribution in [3.63, 3.8) is 0 Å². The second-order valence-electron chi connectivity index (χ2n) is 8.84. The van der Waals surface area contributed by atoms with E-state index < -0.39 is 37.3 Å². The third kappa shape index (κ3) is 37.9. The summed E-state index contributed by atoms with van der Waals surface area (Å²) in [4.78, 5) is 0. The average Bonchev–Trinajstić information content (AvgIpc) is 2.74. The van der Waals surface area contributed by atoms with Gasteiger partial charge in [0, 0.05) is 17.8 Å². The maximum absolute atomic E-state index is 8.89. The summed E-state index contributed by atoms with van der Waals surface area (Å²) in [6.45, 7) is 15.2. The number of hydrogen-bond donors (Lipinski definition) is 0. The quantitative estimate of drug-likeness (QED) is 0.0707. The van der Waals surface area contributed by atoms with Crippen molar-refractivity contribution in [2.24, 2.45) is 0 Å². The predicted molar refractivity (Wildman–Crippen MR) is 159 cm³/mol. The van der Waals surface area contributed by atoms with Gasteiger partial charge in [0.05, 0.1) is 26.2 Å². The standard InChI is InChI=1S/C24H52N.2ClIO2/c1-5-9-13-17-21-25(22-18-14-10-6-2,23-19-15-11-7-3)24-20-16-12-8-4;2*1-2(3)4/h5-24H2,1-4H3;;/q+1;;. The minimum Gasteiger partial charge on any atom is -0.324 e. The van der Waals surface area contributed by atoms with E-state index in [-0.39, 0.29) is 0 Å². The van der Waals surface area contributed by atoms with E-state index in [1.807, 2.05) is 0 Å². The molecule has 0 N–H and O–H groups in total. The fourth-order valence-corrected chi connectivity index (χ4v) is 4.17. The van der Waals surface area contributed by atoms with Gasteiger partial charge < -0.3 is 4.48 Å². The lowest BCUT2D eigenvalue weighted by Crippen LogP contribution is -2.50. The van der Waals surface area contributed by atoms with Gasteiger partial charge >= 0.3 is 37.3 Å². The molecule has 5 nitrogen and oxygen atoms in total. The number of rotatable bonds is 20. The van der Waals surface area contributed by atoms with Crippen molar-refractivity contribution in [3.8, 4) is 0 Å². The molecule has 204 valence electrons. The van der Waals surface area contributed by atoms with E-state index >= 15 is 0 Å². The van der Waals surface area contributed by atoms with Crippen molar-refractivity contribution in [1.82, 2.24) is 0 Å². The minimum absolute atomic E-state index is 1.36. The Morgan fingerprint density at radius 2 is 0.606 bits per heavy atom. The normalized spacial score (nSPS) is 11.2. The molecule has 0 heterocycles. The van der Waals surface area contributed by atoms with E-state index in [0.29, 0.717) is 0 Å². The van der Waals surface area contributed by atoms with Crippen molar-refractivity contribution in [2.75, 3.05) is 26.2 Å². The first kappa shape index (κ1) is 38.7. The summed E-state index contributed by atoms with van der Waals surface area (Å²) in [6.07, 6.45) is 22.8. The molecule has 0 aliphatic carbocycles. The van der Waals surface area contributed by atoms with Crippen LogP contribution in [0.2, 0.25) is 0 Å². The Kier molecular flexibility index (Phi) is 36.6. The molecule has 0 atom stereocenters. The van der Waals surface area contributed by atoms with Gasteiger partial charge in [0.2, 0.25) is 0 Å². The van der Waals surface area contributed by atoms with Gasteiger partial charge in [-0.25, -0.2) is 12.3 Å². The van der Waals surface area contributed by atoms with Gasteiger partial charge in [0.15, 0.2) is 0 Å². The van der Waals surface area contributed by atoms with Crippen molar-refractivity contribution >= 4 is 55.1 Å². The summed E-state index contributed by atoms with van der Waals surface area (Å²) in [5, 5.41) is 0. The first-order chi connectivity index (χ1) is 15.7. The highest BCUT2D eigenvalue weighted by molar-refractivity contribution is 14.2. The summed E-state index contributed by atoms with van der Waals surface area (Å²) >= 11 is -6.58. The summed E-state index contributed by atoms with van der Waals surface area (Å²) in [6, 6.07) is 0. The molecule has 0 fully saturated rings. The highest BCUT2D eigenvalue weighted by Gasteiger charge is 2.25. The Balaban J connectivity index is -0.000000962. The van der Waals surface area contributed by atoms with Gasteiger partial charge in [0.1, 0.15) is 0 Å². The molecule has 0 unspecified atom stereocenters. The minimum atomic E-state index is -3.29. The lowest BCUT2D eigenvalue weighted by atomic mass is 10.1. The van der Waals surface area contributed by atoms with Crippen LogP contribution in [-0.2, 0) is 12.3 Å². The van der Waals surface area contributed by atoms with Gasteiger partial charge in [-0.3, -0.25) is 0 Å². The van der Waals surface area contributed by atoms with Crippen LogP contribution in [0.3, 0.4) is 0 Å². The molecule has 0 bridgehead atoms. The zero-order chi connectivity index (χ0) is 25.8. The molecule has 0 saturated heterocycles. The highest BCUT2D eigenvalue weighted by Crippen LogP contribution is 2.19. The molecule has 0 aromatic heterocycles. The molecule has 0 saturated carbocycles. The van der Waals surface area contributed by atoms with Gasteiger partial charge in [0.25, 0.3) is 0 Å². The van der Waals surface area contributed by atoms with Crippen LogP contribution >= 0.6 is 55.1 Å². The molecule has 0 aliphatic heterocycles. The monoisotopic (exact) mass is 742 g/mol. The van der Waals surface area contributed by atoms with Crippen LogP contribution < -0.4 is 0 Å². The lowest BCUT2D eigenvalue weighted by Gasteiger charge is -2.39. The fraction of sp³-hybridized carbons (Fsp3) is 1.00. The Bertz CT molecular complexity index is 441. The van der Waals surface area contributed by atoms with Gasteiger partial charge in [-0.15, -0.1) is 0 Å². The number of quaternary nitrogens is 1. The second kappa shape index (κ2) is 31.2. The van der Waals surface area contributed by atoms with Crippen LogP contribution in [0.5, 0.6) is 0 Å². The van der Waals surface area contributed by atoms with Crippen molar-refractivity contribution < 1.29 is 16.8 Å². The van der Waals surface area contributed by atoms with E-state index in [2.05, 4.69) is 45.5 Å². The molecule has 0 aliphatic rings. The van der Waals surface area contributed by atoms with E-state index in [4.69, 9.17) is 12.3 Å². The summed E-state index contributed by atoms with van der Waals surface area (Å²) < 4.78 is 37.0. The Hall–Kier alpha value is 1.20. The molecule has 0 spiro atoms. The van der Waals surface area contributed by atoms with Gasteiger partial charge in [-0.2, -0.15) is 0 Å². The molecule has 0 aromatic carbocycles. The van der Waals surface area contributed by atoms with Crippen LogP contribution in [0.15, 0.2) is 0 Å². The lowest BCUT2D eigenvalue weighted by molar-refractivity contribution is -0.929. The third-order valence-corrected chi connectivity index (χ3v) is 5.94. The zero-order valence-electron chi connectivity index (χ0n) is 21.7. The molecule has 9 heteroatoms. The van der Waals surface area contributed by atoms with Crippen LogP contribution in [-0.4, -0.2) is 30.7 Å². The van der Waals surface area contributed by atoms with Gasteiger partial charge in [-0.05, 0) is 51.4 Å². The molecule has 33 heavy (non-hydrogen) atoms. The number of nitrogens with zero attached hydrogens (tertiary/aromatic N) is 1. The molecule has 0 amide bonds. The van der Waals surface area contributed by atoms with E-state index in [1.54, 1.807) is 0 Å². The van der Waals surface area contributed by atoms with E-state index in [1.165, 1.54) is 133 Å². The maximum Gasteiger partial charge on any atom is 0.409 e. The largest absolute Gasteiger partial charge is 0.409 e. The van der Waals surface area contributed by atoms with Gasteiger partial charge in [-0.1, -0.05) is 79.1 Å². The summed E-state index contributed by atoms with van der Waals surface area (Å²) in [5.74, 6) is 0. The Morgan fingerprint density at radius 1 is 0.424 bits per heavy atom. The Morgan fingerprint density at radius 3 is 0.758 bits per heavy atom. The molecule has 0 radical (unpaired) electrons. The maximum atomic E-state index is 8.89. The summed E-state index contributed by atoms with van der Waals surface area (Å²) in [5.41, 5.74) is 0. The van der Waals surface area contributed by atoms with Crippen LogP contribution in [0, 0.1) is 0 Å². The van der Waals surface area contributed by atoms with Crippen LogP contribution in [0.1, 0.15) is 130 Å². The van der Waals surface area contributed by atoms with E-state index in [9.17, 15) is 0 Å². The number of halogens is 4. The molecule has 0 aromatic rings. The zero-order valence-corrected chi connectivity index (χ0v) is 27.6. The van der Waals surface area contributed by atoms with E-state index in [0.717, 1.165) is 0 Å². The third-order valence-electron chi connectivity index (χ3n) is 5.94. The molecule has 0 rings (SSSR count). The van der Waals surface area contributed by atoms with Crippen LogP contribution in [0.25, 0.3) is 0 Å². The second-order valence-corrected chi connectivity index (χ2v) is 14.0. The molecular weight excluding hydrogens is 691 g/mol. The van der Waals surface area contributed by atoms with Crippen LogP contribution in [0.4, 0.5) is 0 Å². The topological polar surface area (TPSA) is 68.3 Å². The highest BCUT2D eigenvalue weighted by atomic mass is 127. The first-order valence-corrected chi connectivity index (χ1v) is 22.0. The van der Waals surface area contributed by atoms with Crippen molar-refractivity contribution in [1.29, 1.82) is 0 Å². The van der Waals surface area contributed by atoms with Crippen molar-refractivity contribution in [3.05, 3.63) is 0 Å². The average molecular weight is 743 g/mol. The Labute approximate surface area is 226 Å². The number of unbranched alkanes of at least 4 members (excludes halogenated alkanes) is 12. The smallest absolute Gasteiger partial charge is 0.324 e. The molecular formula is C24H52Cl2I2NO4+. The number of hydrogen-bond acceptors (Lipinski definition) is 4. The predicted octanol–water partition coefficient (Wildman–Crippen LogP) is 10.8. The summed E-state index contributed by atoms with van der Waals surface area (Å²) in [7, 11) is 8.64.